The van der Waals surface area contributed by atoms with Gasteiger partial charge in [0.15, 0.2) is 5.65 Å². The molecule has 0 saturated heterocycles. The van der Waals surface area contributed by atoms with Crippen molar-refractivity contribution in [2.75, 3.05) is 10.6 Å². The van der Waals surface area contributed by atoms with Crippen LogP contribution in [0.15, 0.2) is 67.5 Å². The number of aromatic nitrogens is 6. The number of carbonyl (C=O) groups is 1. The van der Waals surface area contributed by atoms with Crippen LogP contribution in [0.1, 0.15) is 16.1 Å². The monoisotopic (exact) mass is 510 g/mol. The minimum absolute atomic E-state index is 0.278. The highest BCUT2D eigenvalue weighted by Gasteiger charge is 2.31. The molecule has 0 radical (unpaired) electrons. The Morgan fingerprint density at radius 3 is 2.67 bits per heavy atom. The lowest BCUT2D eigenvalue weighted by molar-refractivity contribution is -0.137. The van der Waals surface area contributed by atoms with E-state index in [1.165, 1.54) is 30.9 Å². The number of nitrogens with zero attached hydrogens (tertiary/aromatic N) is 5. The van der Waals surface area contributed by atoms with Gasteiger partial charge in [-0.1, -0.05) is 11.6 Å². The van der Waals surface area contributed by atoms with E-state index in [1.807, 2.05) is 0 Å². The molecule has 5 rings (SSSR count). The maximum Gasteiger partial charge on any atom is 0.416 e. The van der Waals surface area contributed by atoms with Gasteiger partial charge in [-0.2, -0.15) is 13.2 Å². The van der Waals surface area contributed by atoms with Gasteiger partial charge < -0.3 is 15.6 Å². The van der Waals surface area contributed by atoms with Gasteiger partial charge in [0.2, 0.25) is 0 Å². The van der Waals surface area contributed by atoms with E-state index in [4.69, 9.17) is 11.6 Å². The number of H-pyrrole nitrogens is 1. The Balaban J connectivity index is 1.43. The molecule has 0 unspecified atom stereocenters. The molecule has 5 aromatic rings. The molecule has 0 saturated carbocycles. The molecule has 9 nitrogen and oxygen atoms in total. The van der Waals surface area contributed by atoms with Gasteiger partial charge >= 0.3 is 6.18 Å². The largest absolute Gasteiger partial charge is 0.416 e. The first-order valence-corrected chi connectivity index (χ1v) is 10.7. The topological polar surface area (TPSA) is 121 Å². The number of amides is 1. The summed E-state index contributed by atoms with van der Waals surface area (Å²) >= 11 is 6.36. The van der Waals surface area contributed by atoms with Crippen LogP contribution in [0.4, 0.5) is 30.4 Å². The molecule has 1 amide bonds. The zero-order chi connectivity index (χ0) is 25.3. The molecule has 36 heavy (non-hydrogen) atoms. The van der Waals surface area contributed by atoms with Crippen LogP contribution in [0.25, 0.3) is 22.4 Å². The number of alkyl halides is 3. The first-order valence-electron chi connectivity index (χ1n) is 10.3. The van der Waals surface area contributed by atoms with Crippen molar-refractivity contribution < 1.29 is 18.0 Å². The van der Waals surface area contributed by atoms with E-state index in [-0.39, 0.29) is 11.4 Å². The number of hydrogen-bond donors (Lipinski definition) is 3. The minimum atomic E-state index is -4.60. The Kier molecular flexibility index (Phi) is 5.94. The molecule has 0 fully saturated rings. The average Bonchev–Trinajstić information content (AvgIpc) is 3.35. The van der Waals surface area contributed by atoms with Gasteiger partial charge in [0, 0.05) is 23.6 Å². The molecule has 0 bridgehead atoms. The molecule has 3 N–H and O–H groups in total. The Labute approximate surface area is 205 Å². The fourth-order valence-electron chi connectivity index (χ4n) is 3.41. The van der Waals surface area contributed by atoms with Crippen LogP contribution in [-0.4, -0.2) is 35.8 Å². The van der Waals surface area contributed by atoms with Gasteiger partial charge in [-0.15, -0.1) is 0 Å². The van der Waals surface area contributed by atoms with Gasteiger partial charge in [-0.3, -0.25) is 9.78 Å². The normalized spacial score (nSPS) is 11.4. The van der Waals surface area contributed by atoms with Crippen molar-refractivity contribution in [3.05, 3.63) is 83.8 Å². The van der Waals surface area contributed by atoms with Gasteiger partial charge in [0.1, 0.15) is 29.0 Å². The van der Waals surface area contributed by atoms with Crippen molar-refractivity contribution >= 4 is 45.9 Å². The van der Waals surface area contributed by atoms with Gasteiger partial charge in [0.05, 0.1) is 22.6 Å². The average molecular weight is 511 g/mol. The van der Waals surface area contributed by atoms with E-state index in [0.717, 1.165) is 12.3 Å². The van der Waals surface area contributed by atoms with Gasteiger partial charge in [-0.05, 0) is 42.5 Å². The van der Waals surface area contributed by atoms with E-state index in [0.29, 0.717) is 45.0 Å². The second-order valence-electron chi connectivity index (χ2n) is 7.42. The number of halogens is 4. The highest BCUT2D eigenvalue weighted by atomic mass is 35.5. The summed E-state index contributed by atoms with van der Waals surface area (Å²) in [6.07, 6.45) is 0.819. The number of benzene rings is 1. The molecule has 0 spiro atoms. The Bertz CT molecular complexity index is 1590. The summed E-state index contributed by atoms with van der Waals surface area (Å²) in [5.41, 5.74) is 1.57. The van der Waals surface area contributed by atoms with E-state index in [9.17, 15) is 18.0 Å². The van der Waals surface area contributed by atoms with Crippen molar-refractivity contribution in [2.24, 2.45) is 0 Å². The molecule has 4 aromatic heterocycles. The van der Waals surface area contributed by atoms with Crippen molar-refractivity contribution in [3.8, 4) is 11.3 Å². The first-order chi connectivity index (χ1) is 17.3. The summed E-state index contributed by atoms with van der Waals surface area (Å²) in [6.45, 7) is 0. The summed E-state index contributed by atoms with van der Waals surface area (Å²) in [5, 5.41) is 5.97. The number of pyridine rings is 2. The van der Waals surface area contributed by atoms with Crippen LogP contribution in [-0.2, 0) is 6.18 Å². The zero-order valence-corrected chi connectivity index (χ0v) is 18.8. The van der Waals surface area contributed by atoms with E-state index < -0.39 is 17.6 Å². The third kappa shape index (κ3) is 4.66. The quantitative estimate of drug-likeness (QED) is 0.286. The maximum atomic E-state index is 13.0. The number of imidazole rings is 1. The minimum Gasteiger partial charge on any atom is -0.338 e. The smallest absolute Gasteiger partial charge is 0.338 e. The highest BCUT2D eigenvalue weighted by Crippen LogP contribution is 2.34. The zero-order valence-electron chi connectivity index (χ0n) is 18.0. The number of hydrogen-bond acceptors (Lipinski definition) is 7. The van der Waals surface area contributed by atoms with E-state index >= 15 is 0 Å². The SMILES string of the molecule is O=C(Nc1ccc(Cl)c(Nc2ncccc2-c2ncnc3[nH]cnc23)c1)c1cc(C(F)(F)F)ccn1. The second kappa shape index (κ2) is 9.23. The lowest BCUT2D eigenvalue weighted by Crippen LogP contribution is -2.15. The molecule has 180 valence electrons. The van der Waals surface area contributed by atoms with Crippen molar-refractivity contribution in [1.82, 2.24) is 29.9 Å². The number of anilines is 3. The van der Waals surface area contributed by atoms with Gasteiger partial charge in [-0.25, -0.2) is 19.9 Å². The van der Waals surface area contributed by atoms with Crippen LogP contribution >= 0.6 is 11.6 Å². The molecular formula is C23H14ClF3N8O. The Morgan fingerprint density at radius 2 is 1.83 bits per heavy atom. The second-order valence-corrected chi connectivity index (χ2v) is 7.83. The predicted molar refractivity (Wildman–Crippen MR) is 127 cm³/mol. The molecule has 1 aromatic carbocycles. The van der Waals surface area contributed by atoms with Crippen LogP contribution in [0.3, 0.4) is 0 Å². The first kappa shape index (κ1) is 23.2. The lowest BCUT2D eigenvalue weighted by Gasteiger charge is -2.14. The number of carbonyl (C=O) groups excluding carboxylic acids is 1. The summed E-state index contributed by atoms with van der Waals surface area (Å²) in [6, 6.07) is 9.57. The van der Waals surface area contributed by atoms with E-state index in [2.05, 4.69) is 40.5 Å². The lowest BCUT2D eigenvalue weighted by atomic mass is 10.1. The number of aromatic amines is 1. The molecule has 0 aliphatic rings. The number of rotatable bonds is 5. The third-order valence-electron chi connectivity index (χ3n) is 5.08. The summed E-state index contributed by atoms with van der Waals surface area (Å²) in [4.78, 5) is 36.4. The third-order valence-corrected chi connectivity index (χ3v) is 5.41. The molecule has 13 heteroatoms. The Hall–Kier alpha value is -4.58. The summed E-state index contributed by atoms with van der Waals surface area (Å²) < 4.78 is 39.0. The molecule has 0 aliphatic heterocycles. The summed E-state index contributed by atoms with van der Waals surface area (Å²) in [7, 11) is 0. The molecule has 0 atom stereocenters. The fourth-order valence-corrected chi connectivity index (χ4v) is 3.58. The van der Waals surface area contributed by atoms with Crippen LogP contribution in [0.5, 0.6) is 0 Å². The summed E-state index contributed by atoms with van der Waals surface area (Å²) in [5.74, 6) is -0.403. The Morgan fingerprint density at radius 1 is 0.972 bits per heavy atom. The van der Waals surface area contributed by atoms with Crippen molar-refractivity contribution in [2.45, 2.75) is 6.18 Å². The number of fused-ring (bicyclic) bond motifs is 1. The van der Waals surface area contributed by atoms with E-state index in [1.54, 1.807) is 18.3 Å². The molecular weight excluding hydrogens is 497 g/mol. The van der Waals surface area contributed by atoms with Crippen LogP contribution < -0.4 is 10.6 Å². The molecule has 4 heterocycles. The molecule has 0 aliphatic carbocycles. The van der Waals surface area contributed by atoms with Crippen molar-refractivity contribution in [3.63, 3.8) is 0 Å². The van der Waals surface area contributed by atoms with Gasteiger partial charge in [0.25, 0.3) is 5.91 Å². The van der Waals surface area contributed by atoms with Crippen molar-refractivity contribution in [1.29, 1.82) is 0 Å². The van der Waals surface area contributed by atoms with Crippen LogP contribution in [0.2, 0.25) is 5.02 Å². The maximum absolute atomic E-state index is 13.0. The number of nitrogens with one attached hydrogen (secondary N) is 3. The highest BCUT2D eigenvalue weighted by molar-refractivity contribution is 6.33. The fraction of sp³-hybridized carbons (Fsp3) is 0.0435. The van der Waals surface area contributed by atoms with Crippen LogP contribution in [0, 0.1) is 0 Å². The standard InChI is InChI=1S/C23H14ClF3N8O/c24-15-4-3-13(34-22(36)17-8-12(5-7-28-17)23(25,26)27)9-16(15)35-20-14(2-1-6-29-20)18-19-21(32-10-30-18)33-11-31-19/h1-11H,(H,29,35)(H,34,36)(H,30,31,32,33). The predicted octanol–water partition coefficient (Wildman–Crippen LogP) is 5.48.